The second-order valence-electron chi connectivity index (χ2n) is 4.36. The summed E-state index contributed by atoms with van der Waals surface area (Å²) in [5, 5.41) is 14.3. The van der Waals surface area contributed by atoms with Crippen LogP contribution in [0.1, 0.15) is 18.9 Å². The van der Waals surface area contributed by atoms with Crippen molar-refractivity contribution in [1.29, 1.82) is 0 Å². The maximum atomic E-state index is 11.3. The molecule has 0 bridgehead atoms. The fourth-order valence-corrected chi connectivity index (χ4v) is 1.51. The van der Waals surface area contributed by atoms with Crippen molar-refractivity contribution in [3.05, 3.63) is 42.5 Å². The Morgan fingerprint density at radius 3 is 2.75 bits per heavy atom. The molecule has 0 atom stereocenters. The first-order valence-electron chi connectivity index (χ1n) is 6.42. The van der Waals surface area contributed by atoms with E-state index in [2.05, 4.69) is 17.1 Å². The van der Waals surface area contributed by atoms with Crippen molar-refractivity contribution in [2.24, 2.45) is 5.16 Å². The average molecular weight is 276 g/mol. The van der Waals surface area contributed by atoms with Gasteiger partial charge in [0.2, 0.25) is 0 Å². The zero-order valence-electron chi connectivity index (χ0n) is 11.6. The predicted octanol–water partition coefficient (Wildman–Crippen LogP) is 2.15. The Balaban J connectivity index is 2.38. The van der Waals surface area contributed by atoms with Gasteiger partial charge in [-0.1, -0.05) is 23.4 Å². The number of hydrogen-bond acceptors (Lipinski definition) is 4. The lowest BCUT2D eigenvalue weighted by Gasteiger charge is -2.07. The van der Waals surface area contributed by atoms with Crippen LogP contribution in [0.5, 0.6) is 5.75 Å². The third kappa shape index (κ3) is 6.04. The van der Waals surface area contributed by atoms with Crippen molar-refractivity contribution in [1.82, 2.24) is 5.32 Å². The van der Waals surface area contributed by atoms with Gasteiger partial charge in [-0.05, 0) is 37.5 Å². The van der Waals surface area contributed by atoms with Crippen LogP contribution in [-0.4, -0.2) is 30.0 Å². The number of carbonyl (C=O) groups is 1. The topological polar surface area (TPSA) is 70.9 Å². The summed E-state index contributed by atoms with van der Waals surface area (Å²) in [4.78, 5) is 11.3. The van der Waals surface area contributed by atoms with Gasteiger partial charge in [-0.15, -0.1) is 6.58 Å². The van der Waals surface area contributed by atoms with E-state index in [0.717, 1.165) is 12.0 Å². The fourth-order valence-electron chi connectivity index (χ4n) is 1.51. The van der Waals surface area contributed by atoms with Gasteiger partial charge in [0.15, 0.2) is 6.61 Å². The van der Waals surface area contributed by atoms with Gasteiger partial charge in [-0.3, -0.25) is 4.79 Å². The van der Waals surface area contributed by atoms with Gasteiger partial charge in [0.1, 0.15) is 5.75 Å². The van der Waals surface area contributed by atoms with E-state index in [-0.39, 0.29) is 12.5 Å². The second-order valence-corrected chi connectivity index (χ2v) is 4.36. The maximum absolute atomic E-state index is 11.3. The smallest absolute Gasteiger partial charge is 0.258 e. The quantitative estimate of drug-likeness (QED) is 0.331. The highest BCUT2D eigenvalue weighted by atomic mass is 16.5. The molecule has 1 aromatic rings. The van der Waals surface area contributed by atoms with Crippen LogP contribution in [0.25, 0.3) is 0 Å². The molecule has 1 rings (SSSR count). The van der Waals surface area contributed by atoms with Crippen LogP contribution in [0.15, 0.2) is 42.1 Å². The minimum absolute atomic E-state index is 0.0105. The Morgan fingerprint density at radius 2 is 2.15 bits per heavy atom. The number of nitrogens with one attached hydrogen (secondary N) is 1. The second kappa shape index (κ2) is 8.74. The van der Waals surface area contributed by atoms with Crippen molar-refractivity contribution in [2.45, 2.75) is 19.8 Å². The molecule has 5 nitrogen and oxygen atoms in total. The molecule has 0 radical (unpaired) electrons. The highest BCUT2D eigenvalue weighted by molar-refractivity contribution is 5.81. The molecule has 0 aliphatic heterocycles. The van der Waals surface area contributed by atoms with Crippen LogP contribution >= 0.6 is 0 Å². The maximum Gasteiger partial charge on any atom is 0.258 e. The zero-order chi connectivity index (χ0) is 14.8. The Morgan fingerprint density at radius 1 is 1.45 bits per heavy atom. The molecule has 0 unspecified atom stereocenters. The lowest BCUT2D eigenvalue weighted by Crippen LogP contribution is -2.28. The van der Waals surface area contributed by atoms with E-state index in [1.54, 1.807) is 13.0 Å². The highest BCUT2D eigenvalue weighted by Gasteiger charge is 2.02. The highest BCUT2D eigenvalue weighted by Crippen LogP contribution is 2.13. The number of ether oxygens (including phenoxy) is 1. The van der Waals surface area contributed by atoms with E-state index >= 15 is 0 Å². The lowest BCUT2D eigenvalue weighted by molar-refractivity contribution is -0.122. The first-order chi connectivity index (χ1) is 9.65. The van der Waals surface area contributed by atoms with Gasteiger partial charge in [-0.2, -0.15) is 0 Å². The summed E-state index contributed by atoms with van der Waals surface area (Å²) in [7, 11) is 0. The summed E-state index contributed by atoms with van der Waals surface area (Å²) >= 11 is 0. The summed E-state index contributed by atoms with van der Waals surface area (Å²) in [6.07, 6.45) is 3.13. The third-order valence-corrected chi connectivity index (χ3v) is 2.68. The van der Waals surface area contributed by atoms with Crippen molar-refractivity contribution in [2.75, 3.05) is 13.2 Å². The van der Waals surface area contributed by atoms with E-state index in [1.165, 1.54) is 0 Å². The molecular weight excluding hydrogens is 256 g/mol. The number of amides is 1. The average Bonchev–Trinajstić information content (AvgIpc) is 2.49. The first kappa shape index (κ1) is 15.8. The number of carbonyl (C=O) groups excluding carboxylic acids is 1. The summed E-state index contributed by atoms with van der Waals surface area (Å²) in [5.41, 5.74) is 1.82. The summed E-state index contributed by atoms with van der Waals surface area (Å²) in [5.74, 6) is 0.471. The number of oxime groups is 1. The van der Waals surface area contributed by atoms with Crippen LogP contribution in [0.2, 0.25) is 0 Å². The molecule has 1 aromatic carbocycles. The van der Waals surface area contributed by atoms with Gasteiger partial charge < -0.3 is 15.3 Å². The molecule has 1 amide bonds. The fraction of sp³-hybridized carbons (Fsp3) is 0.333. The Bertz CT molecular complexity index is 467. The van der Waals surface area contributed by atoms with E-state index in [0.29, 0.717) is 24.4 Å². The van der Waals surface area contributed by atoms with Gasteiger partial charge in [0.25, 0.3) is 5.91 Å². The van der Waals surface area contributed by atoms with Gasteiger partial charge in [0.05, 0.1) is 5.71 Å². The minimum Gasteiger partial charge on any atom is -0.484 e. The lowest BCUT2D eigenvalue weighted by atomic mass is 10.1. The molecule has 0 saturated heterocycles. The summed E-state index contributed by atoms with van der Waals surface area (Å²) in [6.45, 7) is 5.72. The molecule has 0 aromatic heterocycles. The molecule has 0 aliphatic rings. The SMILES string of the molecule is C=CCNC(=O)COc1ccc(CC/C(C)=N/O)cc1. The molecule has 0 fully saturated rings. The summed E-state index contributed by atoms with van der Waals surface area (Å²) in [6, 6.07) is 7.51. The Kier molecular flexibility index (Phi) is 6.89. The van der Waals surface area contributed by atoms with Crippen LogP contribution < -0.4 is 10.1 Å². The van der Waals surface area contributed by atoms with E-state index in [4.69, 9.17) is 9.94 Å². The minimum atomic E-state index is -0.177. The van der Waals surface area contributed by atoms with Crippen LogP contribution in [0.4, 0.5) is 0 Å². The van der Waals surface area contributed by atoms with Crippen molar-refractivity contribution in [3.8, 4) is 5.75 Å². The molecule has 5 heteroatoms. The summed E-state index contributed by atoms with van der Waals surface area (Å²) < 4.78 is 5.36. The van der Waals surface area contributed by atoms with Gasteiger partial charge >= 0.3 is 0 Å². The van der Waals surface area contributed by atoms with Crippen LogP contribution in [-0.2, 0) is 11.2 Å². The number of nitrogens with zero attached hydrogens (tertiary/aromatic N) is 1. The molecule has 0 heterocycles. The van der Waals surface area contributed by atoms with E-state index < -0.39 is 0 Å². The predicted molar refractivity (Wildman–Crippen MR) is 78.4 cm³/mol. The molecule has 0 spiro atoms. The van der Waals surface area contributed by atoms with Gasteiger partial charge in [-0.25, -0.2) is 0 Å². The first-order valence-corrected chi connectivity index (χ1v) is 6.42. The third-order valence-electron chi connectivity index (χ3n) is 2.68. The van der Waals surface area contributed by atoms with Crippen LogP contribution in [0, 0.1) is 0 Å². The van der Waals surface area contributed by atoms with Gasteiger partial charge in [0, 0.05) is 6.54 Å². The van der Waals surface area contributed by atoms with Crippen molar-refractivity contribution < 1.29 is 14.7 Å². The molecule has 0 saturated carbocycles. The van der Waals surface area contributed by atoms with Crippen molar-refractivity contribution in [3.63, 3.8) is 0 Å². The molecule has 108 valence electrons. The Labute approximate surface area is 118 Å². The molecule has 0 aliphatic carbocycles. The normalized spacial score (nSPS) is 10.9. The molecule has 20 heavy (non-hydrogen) atoms. The van der Waals surface area contributed by atoms with Crippen LogP contribution in [0.3, 0.4) is 0 Å². The number of benzene rings is 1. The Hall–Kier alpha value is -2.30. The number of aryl methyl sites for hydroxylation is 1. The molecular formula is C15H20N2O3. The monoisotopic (exact) mass is 276 g/mol. The standard InChI is InChI=1S/C15H20N2O3/c1-3-10-16-15(18)11-20-14-8-6-13(7-9-14)5-4-12(2)17-19/h3,6-9,19H,1,4-5,10-11H2,2H3,(H,16,18)/b17-12+. The number of rotatable bonds is 8. The zero-order valence-corrected chi connectivity index (χ0v) is 11.6. The number of hydrogen-bond donors (Lipinski definition) is 2. The largest absolute Gasteiger partial charge is 0.484 e. The van der Waals surface area contributed by atoms with Crippen molar-refractivity contribution >= 4 is 11.6 Å². The van der Waals surface area contributed by atoms with E-state index in [9.17, 15) is 4.79 Å². The van der Waals surface area contributed by atoms with E-state index in [1.807, 2.05) is 24.3 Å². The molecule has 2 N–H and O–H groups in total.